The lowest BCUT2D eigenvalue weighted by Crippen LogP contribution is -2.45. The zero-order valence-corrected chi connectivity index (χ0v) is 11.8. The first-order chi connectivity index (χ1) is 7.82. The van der Waals surface area contributed by atoms with Crippen LogP contribution in [0.2, 0.25) is 0 Å². The minimum absolute atomic E-state index is 0.00448. The molecule has 0 bridgehead atoms. The second-order valence-electron chi connectivity index (χ2n) is 6.62. The number of nitrogens with two attached hydrogens (primary N) is 1. The maximum Gasteiger partial charge on any atom is 0.237 e. The first-order valence-electron chi connectivity index (χ1n) is 6.85. The predicted octanol–water partition coefficient (Wildman–Crippen LogP) is 2.30. The molecule has 0 aromatic rings. The van der Waals surface area contributed by atoms with Crippen molar-refractivity contribution in [2.75, 3.05) is 6.54 Å². The molecule has 1 atom stereocenters. The van der Waals surface area contributed by atoms with Crippen LogP contribution in [0.3, 0.4) is 0 Å². The van der Waals surface area contributed by atoms with Crippen molar-refractivity contribution in [3.05, 3.63) is 0 Å². The van der Waals surface area contributed by atoms with Gasteiger partial charge >= 0.3 is 0 Å². The van der Waals surface area contributed by atoms with E-state index in [0.717, 1.165) is 6.54 Å². The highest BCUT2D eigenvalue weighted by Gasteiger charge is 2.27. The number of carbonyl (C=O) groups is 1. The van der Waals surface area contributed by atoms with Crippen LogP contribution in [0.5, 0.6) is 0 Å². The predicted molar refractivity (Wildman–Crippen MR) is 71.6 cm³/mol. The van der Waals surface area contributed by atoms with Crippen LogP contribution in [0.25, 0.3) is 0 Å². The molecule has 0 heterocycles. The molecule has 17 heavy (non-hydrogen) atoms. The van der Waals surface area contributed by atoms with E-state index in [1.165, 1.54) is 25.7 Å². The van der Waals surface area contributed by atoms with Gasteiger partial charge in [0.05, 0.1) is 6.04 Å². The average Bonchev–Trinajstić information content (AvgIpc) is 2.26. The Morgan fingerprint density at radius 3 is 2.35 bits per heavy atom. The summed E-state index contributed by atoms with van der Waals surface area (Å²) in [6.45, 7) is 9.42. The second-order valence-corrected chi connectivity index (χ2v) is 6.62. The number of hydrogen-bond acceptors (Lipinski definition) is 2. The van der Waals surface area contributed by atoms with E-state index < -0.39 is 0 Å². The molecule has 1 amide bonds. The van der Waals surface area contributed by atoms with Gasteiger partial charge in [0.25, 0.3) is 0 Å². The van der Waals surface area contributed by atoms with Crippen LogP contribution < -0.4 is 11.1 Å². The second kappa shape index (κ2) is 5.85. The van der Waals surface area contributed by atoms with Crippen LogP contribution in [-0.2, 0) is 4.79 Å². The van der Waals surface area contributed by atoms with Crippen molar-refractivity contribution < 1.29 is 4.79 Å². The molecule has 0 saturated heterocycles. The van der Waals surface area contributed by atoms with Gasteiger partial charge in [-0.05, 0) is 42.9 Å². The molecule has 1 unspecified atom stereocenters. The first-order valence-corrected chi connectivity index (χ1v) is 6.85. The van der Waals surface area contributed by atoms with E-state index in [2.05, 4.69) is 19.2 Å². The highest BCUT2D eigenvalue weighted by Crippen LogP contribution is 2.37. The summed E-state index contributed by atoms with van der Waals surface area (Å²) in [7, 11) is 0. The molecule has 0 aliphatic heterocycles. The zero-order valence-electron chi connectivity index (χ0n) is 11.8. The fraction of sp³-hybridized carbons (Fsp3) is 0.929. The fourth-order valence-electron chi connectivity index (χ4n) is 2.33. The Morgan fingerprint density at radius 2 is 1.88 bits per heavy atom. The Hall–Kier alpha value is -0.570. The number of amides is 1. The molecule has 1 saturated carbocycles. The first kappa shape index (κ1) is 14.5. The van der Waals surface area contributed by atoms with E-state index in [0.29, 0.717) is 11.3 Å². The summed E-state index contributed by atoms with van der Waals surface area (Å²) in [6.07, 6.45) is 4.99. The quantitative estimate of drug-likeness (QED) is 0.792. The zero-order chi connectivity index (χ0) is 13.1. The van der Waals surface area contributed by atoms with E-state index in [1.807, 2.05) is 13.8 Å². The van der Waals surface area contributed by atoms with E-state index in [4.69, 9.17) is 5.73 Å². The maximum absolute atomic E-state index is 11.7. The Kier molecular flexibility index (Phi) is 4.99. The molecule has 100 valence electrons. The number of rotatable bonds is 4. The molecule has 3 nitrogen and oxygen atoms in total. The van der Waals surface area contributed by atoms with Crippen LogP contribution in [0, 0.1) is 17.3 Å². The molecule has 1 aliphatic rings. The summed E-state index contributed by atoms with van der Waals surface area (Å²) >= 11 is 0. The van der Waals surface area contributed by atoms with Crippen molar-refractivity contribution >= 4 is 5.91 Å². The van der Waals surface area contributed by atoms with Gasteiger partial charge in [-0.2, -0.15) is 0 Å². The smallest absolute Gasteiger partial charge is 0.237 e. The Morgan fingerprint density at radius 1 is 1.35 bits per heavy atom. The average molecular weight is 240 g/mol. The third-order valence-corrected chi connectivity index (χ3v) is 4.04. The topological polar surface area (TPSA) is 55.1 Å². The summed E-state index contributed by atoms with van der Waals surface area (Å²) in [4.78, 5) is 11.7. The highest BCUT2D eigenvalue weighted by atomic mass is 16.2. The van der Waals surface area contributed by atoms with Gasteiger partial charge < -0.3 is 11.1 Å². The van der Waals surface area contributed by atoms with Crippen LogP contribution in [-0.4, -0.2) is 18.5 Å². The van der Waals surface area contributed by atoms with Crippen molar-refractivity contribution in [3.8, 4) is 0 Å². The Bertz CT molecular complexity index is 251. The third kappa shape index (κ3) is 4.66. The molecule has 3 heteroatoms. The van der Waals surface area contributed by atoms with Crippen LogP contribution >= 0.6 is 0 Å². The lowest BCUT2D eigenvalue weighted by molar-refractivity contribution is -0.123. The molecular weight excluding hydrogens is 212 g/mol. The van der Waals surface area contributed by atoms with Gasteiger partial charge in [0.15, 0.2) is 0 Å². The van der Waals surface area contributed by atoms with E-state index in [-0.39, 0.29) is 17.9 Å². The summed E-state index contributed by atoms with van der Waals surface area (Å²) in [5, 5.41) is 3.00. The molecule has 0 aromatic heterocycles. The third-order valence-electron chi connectivity index (χ3n) is 4.04. The van der Waals surface area contributed by atoms with Crippen molar-refractivity contribution in [3.63, 3.8) is 0 Å². The lowest BCUT2D eigenvalue weighted by atomic mass is 9.73. The highest BCUT2D eigenvalue weighted by molar-refractivity contribution is 5.81. The monoisotopic (exact) mass is 240 g/mol. The molecule has 1 rings (SSSR count). The van der Waals surface area contributed by atoms with Gasteiger partial charge in [-0.15, -0.1) is 0 Å². The molecule has 1 fully saturated rings. The fourth-order valence-corrected chi connectivity index (χ4v) is 2.33. The molecule has 0 spiro atoms. The maximum atomic E-state index is 11.7. The van der Waals surface area contributed by atoms with E-state index >= 15 is 0 Å². The van der Waals surface area contributed by atoms with E-state index in [9.17, 15) is 4.79 Å². The Labute approximate surface area is 106 Å². The Balaban J connectivity index is 2.26. The largest absolute Gasteiger partial charge is 0.354 e. The summed E-state index contributed by atoms with van der Waals surface area (Å²) in [5.41, 5.74) is 6.30. The molecule has 3 N–H and O–H groups in total. The molecule has 0 radical (unpaired) electrons. The van der Waals surface area contributed by atoms with Gasteiger partial charge in [-0.1, -0.05) is 27.7 Å². The van der Waals surface area contributed by atoms with Crippen molar-refractivity contribution in [2.24, 2.45) is 23.0 Å². The molecule has 1 aliphatic carbocycles. The van der Waals surface area contributed by atoms with Gasteiger partial charge in [0.1, 0.15) is 0 Å². The SMILES string of the molecule is CC(C)C(N)C(=O)NCC1CCC(C)(C)CC1. The number of hydrogen-bond donors (Lipinski definition) is 2. The van der Waals surface area contributed by atoms with Crippen LogP contribution in [0.1, 0.15) is 53.4 Å². The summed E-state index contributed by atoms with van der Waals surface area (Å²) in [5.74, 6) is 0.858. The van der Waals surface area contributed by atoms with Gasteiger partial charge in [0.2, 0.25) is 5.91 Å². The summed E-state index contributed by atoms with van der Waals surface area (Å²) < 4.78 is 0. The number of carbonyl (C=O) groups excluding carboxylic acids is 1. The van der Waals surface area contributed by atoms with Gasteiger partial charge in [-0.25, -0.2) is 0 Å². The standard InChI is InChI=1S/C14H28N2O/c1-10(2)12(15)13(17)16-9-11-5-7-14(3,4)8-6-11/h10-12H,5-9,15H2,1-4H3,(H,16,17). The van der Waals surface area contributed by atoms with Crippen LogP contribution in [0.15, 0.2) is 0 Å². The molecule has 0 aromatic carbocycles. The minimum atomic E-state index is -0.366. The van der Waals surface area contributed by atoms with Gasteiger partial charge in [-0.3, -0.25) is 4.79 Å². The van der Waals surface area contributed by atoms with E-state index in [1.54, 1.807) is 0 Å². The molecular formula is C14H28N2O. The van der Waals surface area contributed by atoms with Crippen molar-refractivity contribution in [1.29, 1.82) is 0 Å². The normalized spacial score (nSPS) is 22.5. The number of nitrogens with one attached hydrogen (secondary N) is 1. The minimum Gasteiger partial charge on any atom is -0.354 e. The van der Waals surface area contributed by atoms with Gasteiger partial charge in [0, 0.05) is 6.54 Å². The summed E-state index contributed by atoms with van der Waals surface area (Å²) in [6, 6.07) is -0.366. The van der Waals surface area contributed by atoms with Crippen molar-refractivity contribution in [2.45, 2.75) is 59.4 Å². The van der Waals surface area contributed by atoms with Crippen molar-refractivity contribution in [1.82, 2.24) is 5.32 Å². The lowest BCUT2D eigenvalue weighted by Gasteiger charge is -2.34. The van der Waals surface area contributed by atoms with Crippen LogP contribution in [0.4, 0.5) is 0 Å².